The van der Waals surface area contributed by atoms with Crippen LogP contribution in [0.5, 0.6) is 11.5 Å². The van der Waals surface area contributed by atoms with Crippen LogP contribution in [0.1, 0.15) is 43.7 Å². The predicted molar refractivity (Wildman–Crippen MR) is 131 cm³/mol. The van der Waals surface area contributed by atoms with E-state index in [0.29, 0.717) is 28.7 Å². The van der Waals surface area contributed by atoms with Gasteiger partial charge < -0.3 is 9.47 Å². The van der Waals surface area contributed by atoms with Gasteiger partial charge in [0, 0.05) is 0 Å². The molecule has 0 aliphatic carbocycles. The van der Waals surface area contributed by atoms with Crippen molar-refractivity contribution in [1.82, 2.24) is 5.43 Å². The van der Waals surface area contributed by atoms with Crippen LogP contribution in [0.15, 0.2) is 59.7 Å². The molecule has 0 radical (unpaired) electrons. The van der Waals surface area contributed by atoms with Gasteiger partial charge in [-0.2, -0.15) is 5.10 Å². The summed E-state index contributed by atoms with van der Waals surface area (Å²) in [5.41, 5.74) is 4.25. The van der Waals surface area contributed by atoms with Crippen LogP contribution in [0.25, 0.3) is 10.8 Å². The highest BCUT2D eigenvalue weighted by atomic mass is 35.5. The molecule has 0 aliphatic heterocycles. The van der Waals surface area contributed by atoms with Crippen LogP contribution >= 0.6 is 11.6 Å². The molecule has 0 bridgehead atoms. The third-order valence-electron chi connectivity index (χ3n) is 5.13. The summed E-state index contributed by atoms with van der Waals surface area (Å²) in [6.45, 7) is 2.76. The number of rotatable bonds is 11. The number of hydrogen-bond acceptors (Lipinski definition) is 4. The molecule has 0 atom stereocenters. The van der Waals surface area contributed by atoms with Crippen molar-refractivity contribution in [3.63, 3.8) is 0 Å². The van der Waals surface area contributed by atoms with Gasteiger partial charge >= 0.3 is 0 Å². The molecule has 5 nitrogen and oxygen atoms in total. The molecule has 0 aliphatic rings. The smallest absolute Gasteiger partial charge is 0.244 e. The van der Waals surface area contributed by atoms with Crippen molar-refractivity contribution in [1.29, 1.82) is 0 Å². The summed E-state index contributed by atoms with van der Waals surface area (Å²) in [6.07, 6.45) is 6.25. The minimum Gasteiger partial charge on any atom is -0.493 e. The number of unbranched alkanes of at least 4 members (excludes halogenated alkanes) is 3. The van der Waals surface area contributed by atoms with Gasteiger partial charge in [0.15, 0.2) is 11.5 Å². The van der Waals surface area contributed by atoms with Gasteiger partial charge in [0.25, 0.3) is 0 Å². The molecular formula is C26H29ClN2O3. The van der Waals surface area contributed by atoms with Crippen LogP contribution in [0.4, 0.5) is 0 Å². The summed E-state index contributed by atoms with van der Waals surface area (Å²) < 4.78 is 11.3. The number of hydrazone groups is 1. The Morgan fingerprint density at radius 2 is 1.91 bits per heavy atom. The lowest BCUT2D eigenvalue weighted by Crippen LogP contribution is -2.19. The number of carbonyl (C=O) groups is 1. The zero-order chi connectivity index (χ0) is 22.8. The summed E-state index contributed by atoms with van der Waals surface area (Å²) >= 11 is 6.40. The van der Waals surface area contributed by atoms with E-state index in [4.69, 9.17) is 21.1 Å². The van der Waals surface area contributed by atoms with Crippen molar-refractivity contribution < 1.29 is 14.3 Å². The maximum atomic E-state index is 12.4. The summed E-state index contributed by atoms with van der Waals surface area (Å²) in [6, 6.07) is 17.5. The second-order valence-corrected chi connectivity index (χ2v) is 7.96. The van der Waals surface area contributed by atoms with Gasteiger partial charge in [-0.05, 0) is 40.5 Å². The molecule has 0 fully saturated rings. The molecule has 0 saturated carbocycles. The number of fused-ring (bicyclic) bond motifs is 1. The SMILES string of the molecule is CCCCCCOc1c(Cl)cc(/C=N/NC(=O)Cc2cccc3ccccc23)cc1OC. The molecule has 3 aromatic rings. The number of methoxy groups -OCH3 is 1. The van der Waals surface area contributed by atoms with Crippen molar-refractivity contribution in [3.8, 4) is 11.5 Å². The lowest BCUT2D eigenvalue weighted by atomic mass is 10.0. The van der Waals surface area contributed by atoms with Crippen molar-refractivity contribution in [3.05, 3.63) is 70.7 Å². The first kappa shape index (κ1) is 23.6. The minimum absolute atomic E-state index is 0.192. The van der Waals surface area contributed by atoms with E-state index in [2.05, 4.69) is 17.5 Å². The van der Waals surface area contributed by atoms with Crippen molar-refractivity contribution >= 4 is 34.5 Å². The number of halogens is 1. The van der Waals surface area contributed by atoms with Gasteiger partial charge in [-0.25, -0.2) is 5.43 Å². The second-order valence-electron chi connectivity index (χ2n) is 7.55. The fourth-order valence-electron chi connectivity index (χ4n) is 3.50. The fourth-order valence-corrected chi connectivity index (χ4v) is 3.77. The highest BCUT2D eigenvalue weighted by Gasteiger charge is 2.12. The maximum Gasteiger partial charge on any atom is 0.244 e. The first-order valence-electron chi connectivity index (χ1n) is 10.9. The average molecular weight is 453 g/mol. The summed E-state index contributed by atoms with van der Waals surface area (Å²) in [5, 5.41) is 6.70. The van der Waals surface area contributed by atoms with E-state index < -0.39 is 0 Å². The van der Waals surface area contributed by atoms with Crippen LogP contribution in [-0.2, 0) is 11.2 Å². The highest BCUT2D eigenvalue weighted by molar-refractivity contribution is 6.32. The number of benzene rings is 3. The Bertz CT molecular complexity index is 1080. The van der Waals surface area contributed by atoms with Crippen molar-refractivity contribution in [2.45, 2.75) is 39.0 Å². The van der Waals surface area contributed by atoms with Gasteiger partial charge in [0.2, 0.25) is 5.91 Å². The summed E-state index contributed by atoms with van der Waals surface area (Å²) in [5.74, 6) is 0.877. The first-order valence-corrected chi connectivity index (χ1v) is 11.3. The van der Waals surface area contributed by atoms with Crippen LogP contribution in [-0.4, -0.2) is 25.8 Å². The summed E-state index contributed by atoms with van der Waals surface area (Å²) in [4.78, 5) is 12.4. The van der Waals surface area contributed by atoms with Gasteiger partial charge in [-0.3, -0.25) is 4.79 Å². The first-order chi connectivity index (χ1) is 15.6. The predicted octanol–water partition coefficient (Wildman–Crippen LogP) is 6.15. The molecular weight excluding hydrogens is 424 g/mol. The van der Waals surface area contributed by atoms with E-state index in [9.17, 15) is 4.79 Å². The maximum absolute atomic E-state index is 12.4. The van der Waals surface area contributed by atoms with E-state index in [1.807, 2.05) is 42.5 Å². The normalized spacial score (nSPS) is 11.1. The van der Waals surface area contributed by atoms with E-state index in [1.54, 1.807) is 25.5 Å². The Morgan fingerprint density at radius 1 is 1.09 bits per heavy atom. The van der Waals surface area contributed by atoms with Crippen LogP contribution in [0, 0.1) is 0 Å². The highest BCUT2D eigenvalue weighted by Crippen LogP contribution is 2.36. The number of carbonyl (C=O) groups excluding carboxylic acids is 1. The number of nitrogens with zero attached hydrogens (tertiary/aromatic N) is 1. The largest absolute Gasteiger partial charge is 0.493 e. The topological polar surface area (TPSA) is 59.9 Å². The molecule has 0 spiro atoms. The molecule has 0 aromatic heterocycles. The third kappa shape index (κ3) is 6.47. The Hall–Kier alpha value is -3.05. The van der Waals surface area contributed by atoms with Crippen molar-refractivity contribution in [2.24, 2.45) is 5.10 Å². The standard InChI is InChI=1S/C26H29ClN2O3/c1-3-4-5-8-14-32-26-23(27)15-19(16-24(26)31-2)18-28-29-25(30)17-21-12-9-11-20-10-6-7-13-22(20)21/h6-7,9-13,15-16,18H,3-5,8,14,17H2,1-2H3,(H,29,30)/b28-18+. The Kier molecular flexibility index (Phi) is 8.93. The number of amides is 1. The van der Waals surface area contributed by atoms with E-state index >= 15 is 0 Å². The minimum atomic E-state index is -0.192. The van der Waals surface area contributed by atoms with Gasteiger partial charge in [0.05, 0.1) is 31.4 Å². The fraction of sp³-hybridized carbons (Fsp3) is 0.308. The van der Waals surface area contributed by atoms with E-state index in [-0.39, 0.29) is 12.3 Å². The zero-order valence-electron chi connectivity index (χ0n) is 18.6. The van der Waals surface area contributed by atoms with Crippen molar-refractivity contribution in [2.75, 3.05) is 13.7 Å². The van der Waals surface area contributed by atoms with Gasteiger partial charge in [-0.15, -0.1) is 0 Å². The molecule has 1 N–H and O–H groups in total. The van der Waals surface area contributed by atoms with Gasteiger partial charge in [0.1, 0.15) is 0 Å². The van der Waals surface area contributed by atoms with Gasteiger partial charge in [-0.1, -0.05) is 80.3 Å². The Balaban J connectivity index is 1.60. The van der Waals surface area contributed by atoms with E-state index in [1.165, 1.54) is 12.8 Å². The molecule has 1 amide bonds. The average Bonchev–Trinajstić information content (AvgIpc) is 2.80. The Morgan fingerprint density at radius 3 is 2.72 bits per heavy atom. The van der Waals surface area contributed by atoms with E-state index in [0.717, 1.165) is 29.2 Å². The monoisotopic (exact) mass is 452 g/mol. The molecule has 168 valence electrons. The second kappa shape index (κ2) is 12.1. The molecule has 6 heteroatoms. The molecule has 0 unspecified atom stereocenters. The molecule has 32 heavy (non-hydrogen) atoms. The lowest BCUT2D eigenvalue weighted by molar-refractivity contribution is -0.120. The number of ether oxygens (including phenoxy) is 2. The Labute approximate surface area is 194 Å². The van der Waals surface area contributed by atoms with Crippen LogP contribution in [0.3, 0.4) is 0 Å². The third-order valence-corrected chi connectivity index (χ3v) is 5.41. The number of nitrogens with one attached hydrogen (secondary N) is 1. The molecule has 0 heterocycles. The number of hydrogen-bond donors (Lipinski definition) is 1. The zero-order valence-corrected chi connectivity index (χ0v) is 19.3. The molecule has 3 rings (SSSR count). The quantitative estimate of drug-likeness (QED) is 0.215. The molecule has 0 saturated heterocycles. The van der Waals surface area contributed by atoms with Crippen LogP contribution < -0.4 is 14.9 Å². The summed E-state index contributed by atoms with van der Waals surface area (Å²) in [7, 11) is 1.57. The lowest BCUT2D eigenvalue weighted by Gasteiger charge is -2.13. The van der Waals surface area contributed by atoms with Crippen LogP contribution in [0.2, 0.25) is 5.02 Å². The molecule has 3 aromatic carbocycles.